The maximum Gasteiger partial charge on any atom is 0.251 e. The summed E-state index contributed by atoms with van der Waals surface area (Å²) in [6, 6.07) is 8.65. The molecule has 3 aromatic rings. The molecule has 0 saturated carbocycles. The zero-order valence-corrected chi connectivity index (χ0v) is 17.9. The van der Waals surface area contributed by atoms with Gasteiger partial charge in [-0.05, 0) is 25.5 Å². The van der Waals surface area contributed by atoms with Gasteiger partial charge in [0.2, 0.25) is 11.0 Å². The van der Waals surface area contributed by atoms with Gasteiger partial charge in [0, 0.05) is 12.6 Å². The predicted molar refractivity (Wildman–Crippen MR) is 112 cm³/mol. The summed E-state index contributed by atoms with van der Waals surface area (Å²) in [5, 5.41) is 23.8. The number of nitrogens with one attached hydrogen (secondary N) is 2. The fraction of sp³-hybridized carbons (Fsp3) is 0.333. The van der Waals surface area contributed by atoms with Crippen LogP contribution >= 0.6 is 23.1 Å². The van der Waals surface area contributed by atoms with E-state index in [9.17, 15) is 9.59 Å². The molecular weight excluding hydrogens is 410 g/mol. The molecular formula is C18H21N7O2S2. The van der Waals surface area contributed by atoms with Crippen molar-refractivity contribution in [1.82, 2.24) is 30.3 Å². The summed E-state index contributed by atoms with van der Waals surface area (Å²) < 4.78 is 1.77. The summed E-state index contributed by atoms with van der Waals surface area (Å²) in [5.74, 6) is 0.397. The van der Waals surface area contributed by atoms with E-state index in [1.54, 1.807) is 23.7 Å². The van der Waals surface area contributed by atoms with Crippen LogP contribution in [0.1, 0.15) is 41.1 Å². The molecule has 11 heteroatoms. The molecule has 1 aromatic carbocycles. The van der Waals surface area contributed by atoms with Gasteiger partial charge in [0.05, 0.1) is 11.8 Å². The van der Waals surface area contributed by atoms with Crippen LogP contribution in [-0.4, -0.2) is 42.5 Å². The topological polar surface area (TPSA) is 115 Å². The minimum absolute atomic E-state index is 0.164. The van der Waals surface area contributed by atoms with E-state index in [1.165, 1.54) is 23.1 Å². The van der Waals surface area contributed by atoms with Crippen LogP contribution in [0, 0.1) is 0 Å². The number of thioether (sulfide) groups is 1. The third-order valence-electron chi connectivity index (χ3n) is 3.99. The van der Waals surface area contributed by atoms with Crippen LogP contribution in [0.4, 0.5) is 5.13 Å². The van der Waals surface area contributed by atoms with E-state index in [0.29, 0.717) is 21.7 Å². The molecule has 2 aromatic heterocycles. The van der Waals surface area contributed by atoms with E-state index in [0.717, 1.165) is 11.4 Å². The highest BCUT2D eigenvalue weighted by molar-refractivity contribution is 7.99. The minimum Gasteiger partial charge on any atom is -0.342 e. The van der Waals surface area contributed by atoms with E-state index in [1.807, 2.05) is 32.0 Å². The smallest absolute Gasteiger partial charge is 0.251 e. The van der Waals surface area contributed by atoms with Gasteiger partial charge in [-0.3, -0.25) is 14.9 Å². The Hall–Kier alpha value is -2.79. The minimum atomic E-state index is -0.336. The highest BCUT2D eigenvalue weighted by atomic mass is 32.2. The Morgan fingerprint density at radius 3 is 2.62 bits per heavy atom. The Kier molecular flexibility index (Phi) is 6.94. The number of amides is 2. The molecule has 2 heterocycles. The normalized spacial score (nSPS) is 11.8. The van der Waals surface area contributed by atoms with Crippen LogP contribution in [0.25, 0.3) is 0 Å². The lowest BCUT2D eigenvalue weighted by atomic mass is 10.2. The third kappa shape index (κ3) is 5.39. The number of rotatable bonds is 8. The molecule has 0 spiro atoms. The number of carbonyl (C=O) groups is 2. The van der Waals surface area contributed by atoms with Crippen molar-refractivity contribution >= 4 is 40.0 Å². The summed E-state index contributed by atoms with van der Waals surface area (Å²) in [6.07, 6.45) is 0.781. The van der Waals surface area contributed by atoms with E-state index >= 15 is 0 Å². The van der Waals surface area contributed by atoms with E-state index in [4.69, 9.17) is 0 Å². The van der Waals surface area contributed by atoms with E-state index < -0.39 is 0 Å². The van der Waals surface area contributed by atoms with Crippen molar-refractivity contribution in [3.8, 4) is 0 Å². The molecule has 0 radical (unpaired) electrons. The number of aromatic nitrogens is 5. The molecule has 9 nitrogen and oxygen atoms in total. The Morgan fingerprint density at radius 2 is 1.93 bits per heavy atom. The molecule has 1 atom stereocenters. The van der Waals surface area contributed by atoms with E-state index in [-0.39, 0.29) is 23.6 Å². The Balaban J connectivity index is 1.55. The van der Waals surface area contributed by atoms with Gasteiger partial charge in [-0.25, -0.2) is 0 Å². The van der Waals surface area contributed by atoms with Crippen molar-refractivity contribution in [2.24, 2.45) is 7.05 Å². The highest BCUT2D eigenvalue weighted by Crippen LogP contribution is 2.20. The molecule has 152 valence electrons. The molecule has 2 amide bonds. The molecule has 0 saturated heterocycles. The van der Waals surface area contributed by atoms with Crippen molar-refractivity contribution in [3.63, 3.8) is 0 Å². The average Bonchev–Trinajstić information content (AvgIpc) is 3.33. The Bertz CT molecular complexity index is 987. The number of nitrogens with zero attached hydrogens (tertiary/aromatic N) is 5. The lowest BCUT2D eigenvalue weighted by molar-refractivity contribution is -0.113. The van der Waals surface area contributed by atoms with Crippen molar-refractivity contribution < 1.29 is 9.59 Å². The first-order valence-corrected chi connectivity index (χ1v) is 10.8. The van der Waals surface area contributed by atoms with Crippen molar-refractivity contribution in [2.75, 3.05) is 11.1 Å². The van der Waals surface area contributed by atoms with Gasteiger partial charge in [-0.1, -0.05) is 48.2 Å². The van der Waals surface area contributed by atoms with Gasteiger partial charge < -0.3 is 9.88 Å². The van der Waals surface area contributed by atoms with E-state index in [2.05, 4.69) is 31.0 Å². The largest absolute Gasteiger partial charge is 0.342 e. The molecule has 0 aliphatic rings. The SMILES string of the molecule is CCc1nnc(NC(=O)CSc2nnc([C@@H](C)NC(=O)c3ccccc3)n2C)s1. The second-order valence-corrected chi connectivity index (χ2v) is 8.16. The molecule has 29 heavy (non-hydrogen) atoms. The number of benzene rings is 1. The zero-order valence-electron chi connectivity index (χ0n) is 16.2. The number of aryl methyl sites for hydroxylation is 1. The summed E-state index contributed by atoms with van der Waals surface area (Å²) in [5.41, 5.74) is 0.579. The maximum atomic E-state index is 12.3. The first-order valence-electron chi connectivity index (χ1n) is 8.98. The quantitative estimate of drug-likeness (QED) is 0.527. The molecule has 3 rings (SSSR count). The molecule has 0 unspecified atom stereocenters. The lowest BCUT2D eigenvalue weighted by Crippen LogP contribution is -2.28. The Morgan fingerprint density at radius 1 is 1.17 bits per heavy atom. The molecule has 0 fully saturated rings. The summed E-state index contributed by atoms with van der Waals surface area (Å²) >= 11 is 2.62. The van der Waals surface area contributed by atoms with Crippen LogP contribution in [0.2, 0.25) is 0 Å². The zero-order chi connectivity index (χ0) is 20.8. The van der Waals surface area contributed by atoms with Crippen LogP contribution < -0.4 is 10.6 Å². The van der Waals surface area contributed by atoms with Crippen LogP contribution in [0.5, 0.6) is 0 Å². The standard InChI is InChI=1S/C18H21N7O2S2/c1-4-14-21-23-17(29-14)20-13(26)10-28-18-24-22-15(25(18)3)11(2)19-16(27)12-8-6-5-7-9-12/h5-9,11H,4,10H2,1-3H3,(H,19,27)(H,20,23,26)/t11-/m1/s1. The van der Waals surface area contributed by atoms with Crippen molar-refractivity contribution in [2.45, 2.75) is 31.5 Å². The fourth-order valence-corrected chi connectivity index (χ4v) is 3.91. The Labute approximate surface area is 176 Å². The van der Waals surface area contributed by atoms with Gasteiger partial charge in [0.1, 0.15) is 5.01 Å². The third-order valence-corrected chi connectivity index (χ3v) is 5.99. The van der Waals surface area contributed by atoms with Crippen LogP contribution in [-0.2, 0) is 18.3 Å². The summed E-state index contributed by atoms with van der Waals surface area (Å²) in [7, 11) is 1.80. The number of hydrogen-bond acceptors (Lipinski definition) is 8. The number of anilines is 1. The maximum absolute atomic E-state index is 12.3. The molecule has 0 aliphatic carbocycles. The average molecular weight is 432 g/mol. The van der Waals surface area contributed by atoms with Crippen molar-refractivity contribution in [3.05, 3.63) is 46.7 Å². The fourth-order valence-electron chi connectivity index (χ4n) is 2.50. The second kappa shape index (κ2) is 9.61. The number of carbonyl (C=O) groups excluding carboxylic acids is 2. The molecule has 0 aliphatic heterocycles. The lowest BCUT2D eigenvalue weighted by Gasteiger charge is -2.13. The van der Waals surface area contributed by atoms with Crippen molar-refractivity contribution in [1.29, 1.82) is 0 Å². The summed E-state index contributed by atoms with van der Waals surface area (Å²) in [4.78, 5) is 24.5. The monoisotopic (exact) mass is 431 g/mol. The van der Waals surface area contributed by atoms with Gasteiger partial charge >= 0.3 is 0 Å². The summed E-state index contributed by atoms with van der Waals surface area (Å²) in [6.45, 7) is 3.82. The van der Waals surface area contributed by atoms with Gasteiger partial charge in [-0.15, -0.1) is 20.4 Å². The van der Waals surface area contributed by atoms with Gasteiger partial charge in [0.25, 0.3) is 5.91 Å². The second-order valence-electron chi connectivity index (χ2n) is 6.15. The van der Waals surface area contributed by atoms with Crippen LogP contribution in [0.3, 0.4) is 0 Å². The van der Waals surface area contributed by atoms with Gasteiger partial charge in [0.15, 0.2) is 11.0 Å². The molecule has 2 N–H and O–H groups in total. The van der Waals surface area contributed by atoms with Crippen LogP contribution in [0.15, 0.2) is 35.5 Å². The highest BCUT2D eigenvalue weighted by Gasteiger charge is 2.19. The first-order chi connectivity index (χ1) is 14.0. The van der Waals surface area contributed by atoms with Gasteiger partial charge in [-0.2, -0.15) is 0 Å². The predicted octanol–water partition coefficient (Wildman–Crippen LogP) is 2.45. The first kappa shape index (κ1) is 20.9. The number of hydrogen-bond donors (Lipinski definition) is 2. The molecule has 0 bridgehead atoms.